The van der Waals surface area contributed by atoms with Crippen LogP contribution in [0.4, 0.5) is 0 Å². The lowest BCUT2D eigenvalue weighted by atomic mass is 9.95. The van der Waals surface area contributed by atoms with E-state index in [9.17, 15) is 0 Å². The van der Waals surface area contributed by atoms with Crippen molar-refractivity contribution in [3.63, 3.8) is 0 Å². The molecule has 0 bridgehead atoms. The number of hydrogen-bond acceptors (Lipinski definition) is 2. The molecule has 0 aromatic carbocycles. The molecule has 0 aliphatic carbocycles. The maximum Gasteiger partial charge on any atom is 0.0651 e. The van der Waals surface area contributed by atoms with Crippen LogP contribution in [-0.2, 0) is 0 Å². The Morgan fingerprint density at radius 3 is 2.79 bits per heavy atom. The van der Waals surface area contributed by atoms with Crippen LogP contribution in [0.2, 0.25) is 0 Å². The molecule has 0 aromatic rings. The number of nitrogens with zero attached hydrogens (tertiary/aromatic N) is 2. The molecule has 2 nitrogen and oxygen atoms in total. The Morgan fingerprint density at radius 2 is 2.21 bits per heavy atom. The molecule has 0 fully saturated rings. The van der Waals surface area contributed by atoms with E-state index >= 15 is 0 Å². The van der Waals surface area contributed by atoms with E-state index in [1.807, 2.05) is 0 Å². The third-order valence-electron chi connectivity index (χ3n) is 3.13. The molecule has 1 heterocycles. The largest absolute Gasteiger partial charge is 0.296 e. The van der Waals surface area contributed by atoms with Gasteiger partial charge in [-0.05, 0) is 25.8 Å². The van der Waals surface area contributed by atoms with Gasteiger partial charge in [-0.1, -0.05) is 27.2 Å². The maximum atomic E-state index is 4.77. The molecule has 14 heavy (non-hydrogen) atoms. The Balaban J connectivity index is 2.56. The van der Waals surface area contributed by atoms with Gasteiger partial charge in [-0.25, -0.2) is 0 Å². The molecule has 2 unspecified atom stereocenters. The van der Waals surface area contributed by atoms with Crippen LogP contribution in [0.15, 0.2) is 4.99 Å². The van der Waals surface area contributed by atoms with Crippen molar-refractivity contribution in [2.24, 2.45) is 10.9 Å². The van der Waals surface area contributed by atoms with Gasteiger partial charge in [-0.15, -0.1) is 0 Å². The summed E-state index contributed by atoms with van der Waals surface area (Å²) < 4.78 is 0. The second-order valence-electron chi connectivity index (χ2n) is 4.53. The van der Waals surface area contributed by atoms with Crippen LogP contribution in [0, 0.1) is 5.92 Å². The summed E-state index contributed by atoms with van der Waals surface area (Å²) in [7, 11) is 0. The Bertz CT molecular complexity index is 198. The molecule has 0 saturated heterocycles. The molecule has 0 saturated carbocycles. The molecule has 1 aliphatic heterocycles. The van der Waals surface area contributed by atoms with Gasteiger partial charge in [0, 0.05) is 18.8 Å². The van der Waals surface area contributed by atoms with Crippen LogP contribution < -0.4 is 0 Å². The van der Waals surface area contributed by atoms with Crippen LogP contribution in [0.3, 0.4) is 0 Å². The summed E-state index contributed by atoms with van der Waals surface area (Å²) in [6, 6.07) is 0.545. The van der Waals surface area contributed by atoms with Gasteiger partial charge in [0.15, 0.2) is 0 Å². The lowest BCUT2D eigenvalue weighted by Crippen LogP contribution is -2.42. The molecule has 82 valence electrons. The Hall–Kier alpha value is -0.370. The smallest absolute Gasteiger partial charge is 0.0651 e. The minimum atomic E-state index is 0.545. The van der Waals surface area contributed by atoms with E-state index in [1.165, 1.54) is 18.6 Å². The normalized spacial score (nSPS) is 26.0. The highest BCUT2D eigenvalue weighted by molar-refractivity contribution is 5.84. The zero-order valence-electron chi connectivity index (χ0n) is 10.1. The summed E-state index contributed by atoms with van der Waals surface area (Å²) in [5.74, 6) is 0.740. The first kappa shape index (κ1) is 11.7. The minimum absolute atomic E-state index is 0.545. The van der Waals surface area contributed by atoms with Crippen LogP contribution in [-0.4, -0.2) is 36.3 Å². The molecule has 0 amide bonds. The van der Waals surface area contributed by atoms with Crippen LogP contribution in [0.1, 0.15) is 40.5 Å². The second kappa shape index (κ2) is 5.50. The van der Waals surface area contributed by atoms with Gasteiger partial charge < -0.3 is 0 Å². The molecule has 0 N–H and O–H groups in total. The van der Waals surface area contributed by atoms with Gasteiger partial charge in [-0.2, -0.15) is 0 Å². The molecule has 1 rings (SSSR count). The van der Waals surface area contributed by atoms with Crippen molar-refractivity contribution in [1.29, 1.82) is 0 Å². The van der Waals surface area contributed by atoms with E-state index in [-0.39, 0.29) is 0 Å². The molecule has 2 heteroatoms. The van der Waals surface area contributed by atoms with Crippen molar-refractivity contribution in [3.05, 3.63) is 0 Å². The Labute approximate surface area is 88.4 Å². The maximum absolute atomic E-state index is 4.77. The minimum Gasteiger partial charge on any atom is -0.296 e. The van der Waals surface area contributed by atoms with Crippen molar-refractivity contribution in [2.45, 2.75) is 46.6 Å². The van der Waals surface area contributed by atoms with E-state index in [0.29, 0.717) is 6.04 Å². The average molecular weight is 196 g/mol. The van der Waals surface area contributed by atoms with Gasteiger partial charge in [0.1, 0.15) is 0 Å². The van der Waals surface area contributed by atoms with E-state index in [1.54, 1.807) is 0 Å². The zero-order valence-corrected chi connectivity index (χ0v) is 10.1. The van der Waals surface area contributed by atoms with Gasteiger partial charge in [0.05, 0.1) is 6.04 Å². The molecular weight excluding hydrogens is 172 g/mol. The summed E-state index contributed by atoms with van der Waals surface area (Å²) in [4.78, 5) is 7.27. The second-order valence-corrected chi connectivity index (χ2v) is 4.53. The van der Waals surface area contributed by atoms with E-state index in [2.05, 4.69) is 32.6 Å². The SMILES string of the molecule is CCCC(C)C1CN(CC)CC(C)=N1. The summed E-state index contributed by atoms with van der Waals surface area (Å²) in [5.41, 5.74) is 1.31. The summed E-state index contributed by atoms with van der Waals surface area (Å²) >= 11 is 0. The molecular formula is C12H24N2. The van der Waals surface area contributed by atoms with E-state index < -0.39 is 0 Å². The highest BCUT2D eigenvalue weighted by atomic mass is 15.2. The van der Waals surface area contributed by atoms with Gasteiger partial charge in [0.25, 0.3) is 0 Å². The number of aliphatic imine (C=N–C) groups is 1. The first-order valence-electron chi connectivity index (χ1n) is 5.93. The standard InChI is InChI=1S/C12H24N2/c1-5-7-10(3)12-9-14(6-2)8-11(4)13-12/h10,12H,5-9H2,1-4H3. The zero-order chi connectivity index (χ0) is 10.6. The van der Waals surface area contributed by atoms with Gasteiger partial charge >= 0.3 is 0 Å². The third kappa shape index (κ3) is 3.09. The fourth-order valence-electron chi connectivity index (χ4n) is 2.21. The van der Waals surface area contributed by atoms with Crippen molar-refractivity contribution >= 4 is 5.71 Å². The highest BCUT2D eigenvalue weighted by Gasteiger charge is 2.22. The predicted octanol–water partition coefficient (Wildman–Crippen LogP) is 2.59. The molecule has 0 spiro atoms. The lowest BCUT2D eigenvalue weighted by Gasteiger charge is -2.32. The van der Waals surface area contributed by atoms with Crippen LogP contribution in [0.25, 0.3) is 0 Å². The number of hydrogen-bond donors (Lipinski definition) is 0. The third-order valence-corrected chi connectivity index (χ3v) is 3.13. The Kier molecular flexibility index (Phi) is 4.59. The molecule has 0 aromatic heterocycles. The van der Waals surface area contributed by atoms with Crippen LogP contribution in [0.5, 0.6) is 0 Å². The van der Waals surface area contributed by atoms with E-state index in [0.717, 1.165) is 25.6 Å². The van der Waals surface area contributed by atoms with Gasteiger partial charge in [0.2, 0.25) is 0 Å². The van der Waals surface area contributed by atoms with Crippen molar-refractivity contribution < 1.29 is 0 Å². The number of likely N-dealkylation sites (N-methyl/N-ethyl adjacent to an activating group) is 1. The summed E-state index contributed by atoms with van der Waals surface area (Å²) in [6.45, 7) is 12.4. The molecule has 0 radical (unpaired) electrons. The predicted molar refractivity (Wildman–Crippen MR) is 63.1 cm³/mol. The summed E-state index contributed by atoms with van der Waals surface area (Å²) in [6.07, 6.45) is 2.58. The Morgan fingerprint density at radius 1 is 1.50 bits per heavy atom. The number of rotatable bonds is 4. The fraction of sp³-hybridized carbons (Fsp3) is 0.917. The van der Waals surface area contributed by atoms with Crippen molar-refractivity contribution in [3.8, 4) is 0 Å². The molecule has 2 atom stereocenters. The monoisotopic (exact) mass is 196 g/mol. The lowest BCUT2D eigenvalue weighted by molar-refractivity contribution is 0.251. The van der Waals surface area contributed by atoms with Crippen molar-refractivity contribution in [2.75, 3.05) is 19.6 Å². The quantitative estimate of drug-likeness (QED) is 0.675. The first-order chi connectivity index (χ1) is 6.67. The highest BCUT2D eigenvalue weighted by Crippen LogP contribution is 2.18. The van der Waals surface area contributed by atoms with Gasteiger partial charge in [-0.3, -0.25) is 9.89 Å². The van der Waals surface area contributed by atoms with E-state index in [4.69, 9.17) is 4.99 Å². The topological polar surface area (TPSA) is 15.6 Å². The summed E-state index contributed by atoms with van der Waals surface area (Å²) in [5, 5.41) is 0. The fourth-order valence-corrected chi connectivity index (χ4v) is 2.21. The van der Waals surface area contributed by atoms with Crippen molar-refractivity contribution in [1.82, 2.24) is 4.90 Å². The average Bonchev–Trinajstić information content (AvgIpc) is 2.17. The van der Waals surface area contributed by atoms with Crippen LogP contribution >= 0.6 is 0 Å². The first-order valence-corrected chi connectivity index (χ1v) is 5.93. The molecule has 1 aliphatic rings.